The molecule has 0 spiro atoms. The van der Waals surface area contributed by atoms with E-state index < -0.39 is 0 Å². The summed E-state index contributed by atoms with van der Waals surface area (Å²) in [5.41, 5.74) is 4.64. The molecule has 0 amide bonds. The van der Waals surface area contributed by atoms with E-state index >= 15 is 0 Å². The molecule has 3 nitrogen and oxygen atoms in total. The molecule has 0 saturated carbocycles. The molecule has 0 heterocycles. The maximum atomic E-state index is 9.22. The van der Waals surface area contributed by atoms with Crippen molar-refractivity contribution >= 4 is 14.9 Å². The Balaban J connectivity index is 2.92. The van der Waals surface area contributed by atoms with Gasteiger partial charge in [0.05, 0.1) is 6.34 Å². The first-order valence-electron chi connectivity index (χ1n) is 0.974. The molecular formula is CH3N2OP. The highest BCUT2D eigenvalue weighted by atomic mass is 31.1. The van der Waals surface area contributed by atoms with Crippen LogP contribution in [0.1, 0.15) is 0 Å². The molecule has 0 aromatic carbocycles. The molecule has 0 fully saturated rings. The fourth-order valence-corrected chi connectivity index (χ4v) is 0.0816. The van der Waals surface area contributed by atoms with E-state index in [1.165, 1.54) is 0 Å². The normalized spacial score (nSPS) is 10.4. The van der Waals surface area contributed by atoms with Crippen molar-refractivity contribution < 1.29 is 4.57 Å². The highest BCUT2D eigenvalue weighted by Gasteiger charge is 1.50. The number of hydrogen-bond donors (Lipinski definition) is 1. The third-order valence-electron chi connectivity index (χ3n) is 0.114. The highest BCUT2D eigenvalue weighted by Crippen LogP contribution is 1.84. The van der Waals surface area contributed by atoms with Crippen LogP contribution < -0.4 is 5.73 Å². The predicted octanol–water partition coefficient (Wildman–Crippen LogP) is 0.180. The molecule has 4 heteroatoms. The Morgan fingerprint density at radius 3 is 2.60 bits per heavy atom. The van der Waals surface area contributed by atoms with Crippen LogP contribution in [0, 0.1) is 0 Å². The highest BCUT2D eigenvalue weighted by molar-refractivity contribution is 7.22. The van der Waals surface area contributed by atoms with Crippen LogP contribution in [-0.4, -0.2) is 6.34 Å². The minimum absolute atomic E-state index is 0.276. The molecule has 28 valence electrons. The van der Waals surface area contributed by atoms with Crippen molar-refractivity contribution in [2.75, 3.05) is 0 Å². The topological polar surface area (TPSA) is 55.4 Å². The van der Waals surface area contributed by atoms with Gasteiger partial charge in [0.1, 0.15) is 0 Å². The second-order valence-electron chi connectivity index (χ2n) is 0.346. The standard InChI is InChI=1S/CH3N2OP/c2-1-3-5-4/h1H,(H2,2,3,4). The smallest absolute Gasteiger partial charge is 0.304 e. The van der Waals surface area contributed by atoms with Gasteiger partial charge < -0.3 is 5.73 Å². The Morgan fingerprint density at radius 2 is 2.60 bits per heavy atom. The lowest BCUT2D eigenvalue weighted by molar-refractivity contribution is 0.599. The quantitative estimate of drug-likeness (QED) is 0.283. The Morgan fingerprint density at radius 1 is 2.00 bits per heavy atom. The maximum absolute atomic E-state index is 9.22. The van der Waals surface area contributed by atoms with Gasteiger partial charge in [0.25, 0.3) is 0 Å². The van der Waals surface area contributed by atoms with Crippen LogP contribution in [0.15, 0.2) is 4.76 Å². The molecule has 0 aromatic rings. The van der Waals surface area contributed by atoms with E-state index in [1.54, 1.807) is 0 Å². The zero-order valence-electron chi connectivity index (χ0n) is 2.46. The minimum Gasteiger partial charge on any atom is -0.389 e. The molecular weight excluding hydrogens is 87.0 g/mol. The minimum atomic E-state index is -0.276. The summed E-state index contributed by atoms with van der Waals surface area (Å²) in [5, 5.41) is 0. The summed E-state index contributed by atoms with van der Waals surface area (Å²) in [5.74, 6) is 0. The van der Waals surface area contributed by atoms with Crippen LogP contribution in [0.5, 0.6) is 0 Å². The summed E-state index contributed by atoms with van der Waals surface area (Å²) in [4.78, 5) is 0. The summed E-state index contributed by atoms with van der Waals surface area (Å²) in [7, 11) is -0.276. The van der Waals surface area contributed by atoms with Crippen LogP contribution in [0.3, 0.4) is 0 Å². The van der Waals surface area contributed by atoms with Gasteiger partial charge in [-0.1, -0.05) is 0 Å². The maximum Gasteiger partial charge on any atom is 0.304 e. The zero-order chi connectivity index (χ0) is 4.12. The summed E-state index contributed by atoms with van der Waals surface area (Å²) in [6.45, 7) is 0. The molecule has 0 aromatic heterocycles. The Hall–Kier alpha value is -0.430. The van der Waals surface area contributed by atoms with Crippen LogP contribution in [0.25, 0.3) is 0 Å². The first-order valence-corrected chi connectivity index (χ1v) is 1.74. The van der Waals surface area contributed by atoms with Gasteiger partial charge in [-0.05, 0) is 0 Å². The monoisotopic (exact) mass is 90.0 g/mol. The van der Waals surface area contributed by atoms with Gasteiger partial charge >= 0.3 is 8.61 Å². The largest absolute Gasteiger partial charge is 0.389 e. The van der Waals surface area contributed by atoms with Gasteiger partial charge in [0, 0.05) is 0 Å². The Labute approximate surface area is 31.2 Å². The van der Waals surface area contributed by atoms with Gasteiger partial charge in [0.15, 0.2) is 0 Å². The number of nitrogens with zero attached hydrogens (tertiary/aromatic N) is 1. The SMILES string of the molecule is NC=NP=O. The van der Waals surface area contributed by atoms with Crippen molar-refractivity contribution in [1.29, 1.82) is 0 Å². The number of rotatable bonds is 1. The molecule has 0 saturated heterocycles. The van der Waals surface area contributed by atoms with Gasteiger partial charge in [-0.2, -0.15) is 4.76 Å². The van der Waals surface area contributed by atoms with Crippen LogP contribution in [-0.2, 0) is 4.57 Å². The lowest BCUT2D eigenvalue weighted by atomic mass is 11.4. The molecule has 0 aliphatic carbocycles. The first-order chi connectivity index (χ1) is 2.41. The predicted molar refractivity (Wildman–Crippen MR) is 20.3 cm³/mol. The first kappa shape index (κ1) is 4.57. The lowest BCUT2D eigenvalue weighted by Crippen LogP contribution is -1.83. The van der Waals surface area contributed by atoms with Crippen LogP contribution in [0.4, 0.5) is 0 Å². The third-order valence-corrected chi connectivity index (χ3v) is 0.341. The fraction of sp³-hybridized carbons (Fsp3) is 0. The van der Waals surface area contributed by atoms with Crippen LogP contribution in [0.2, 0.25) is 0 Å². The molecule has 0 aliphatic rings. The van der Waals surface area contributed by atoms with Crippen molar-refractivity contribution in [3.63, 3.8) is 0 Å². The zero-order valence-corrected chi connectivity index (χ0v) is 3.35. The van der Waals surface area contributed by atoms with Gasteiger partial charge in [-0.25, -0.2) is 4.57 Å². The van der Waals surface area contributed by atoms with Crippen molar-refractivity contribution in [3.05, 3.63) is 0 Å². The van der Waals surface area contributed by atoms with Crippen molar-refractivity contribution in [2.24, 2.45) is 10.5 Å². The molecule has 0 aliphatic heterocycles. The summed E-state index contributed by atoms with van der Waals surface area (Å²) < 4.78 is 12.3. The van der Waals surface area contributed by atoms with Crippen LogP contribution >= 0.6 is 8.61 Å². The average molecular weight is 90.0 g/mol. The fourth-order valence-electron chi connectivity index (χ4n) is 0.0272. The van der Waals surface area contributed by atoms with E-state index in [-0.39, 0.29) is 8.61 Å². The van der Waals surface area contributed by atoms with Crippen molar-refractivity contribution in [2.45, 2.75) is 0 Å². The van der Waals surface area contributed by atoms with E-state index in [2.05, 4.69) is 10.5 Å². The molecule has 0 atom stereocenters. The van der Waals surface area contributed by atoms with E-state index in [4.69, 9.17) is 0 Å². The van der Waals surface area contributed by atoms with E-state index in [9.17, 15) is 4.57 Å². The average Bonchev–Trinajstić information content (AvgIpc) is 1.41. The lowest BCUT2D eigenvalue weighted by Gasteiger charge is -1.53. The second-order valence-corrected chi connectivity index (χ2v) is 0.740. The molecule has 0 radical (unpaired) electrons. The summed E-state index contributed by atoms with van der Waals surface area (Å²) in [6, 6.07) is 0. The van der Waals surface area contributed by atoms with Crippen molar-refractivity contribution in [1.82, 2.24) is 0 Å². The number of nitrogens with two attached hydrogens (primary N) is 1. The molecule has 0 unspecified atom stereocenters. The summed E-state index contributed by atoms with van der Waals surface area (Å²) in [6.07, 6.45) is 0.981. The summed E-state index contributed by atoms with van der Waals surface area (Å²) >= 11 is 0. The Bertz CT molecular complexity index is 51.6. The Kier molecular flexibility index (Phi) is 3.26. The van der Waals surface area contributed by atoms with Gasteiger partial charge in [-0.15, -0.1) is 0 Å². The molecule has 5 heavy (non-hydrogen) atoms. The van der Waals surface area contributed by atoms with E-state index in [0.29, 0.717) is 0 Å². The number of hydrogen-bond acceptors (Lipinski definition) is 1. The molecule has 2 N–H and O–H groups in total. The van der Waals surface area contributed by atoms with Gasteiger partial charge in [-0.3, -0.25) is 0 Å². The van der Waals surface area contributed by atoms with E-state index in [1.807, 2.05) is 0 Å². The third kappa shape index (κ3) is 3.57. The molecule has 0 bridgehead atoms. The van der Waals surface area contributed by atoms with Gasteiger partial charge in [0.2, 0.25) is 0 Å². The second kappa shape index (κ2) is 3.57. The molecule has 0 rings (SSSR count). The van der Waals surface area contributed by atoms with E-state index in [0.717, 1.165) is 6.34 Å². The van der Waals surface area contributed by atoms with Crippen molar-refractivity contribution in [3.8, 4) is 0 Å².